The van der Waals surface area contributed by atoms with E-state index in [0.29, 0.717) is 6.42 Å². The van der Waals surface area contributed by atoms with Crippen molar-refractivity contribution in [2.24, 2.45) is 11.8 Å². The van der Waals surface area contributed by atoms with Crippen molar-refractivity contribution >= 4 is 14.3 Å². The maximum atomic E-state index is 10.4. The topological polar surface area (TPSA) is 76.0 Å². The first-order valence-electron chi connectivity index (χ1n) is 11.5. The molecule has 3 aliphatic carbocycles. The van der Waals surface area contributed by atoms with Crippen LogP contribution in [0.2, 0.25) is 18.1 Å². The third kappa shape index (κ3) is 10.8. The van der Waals surface area contributed by atoms with Gasteiger partial charge in [-0.1, -0.05) is 65.0 Å². The van der Waals surface area contributed by atoms with Gasteiger partial charge in [0, 0.05) is 19.8 Å². The van der Waals surface area contributed by atoms with E-state index in [1.165, 1.54) is 13.3 Å². The van der Waals surface area contributed by atoms with Crippen LogP contribution in [-0.4, -0.2) is 48.9 Å². The van der Waals surface area contributed by atoms with Gasteiger partial charge in [0.05, 0.1) is 18.3 Å². The Hall–Kier alpha value is -1.21. The van der Waals surface area contributed by atoms with Crippen LogP contribution in [0.4, 0.5) is 0 Å². The molecule has 3 aliphatic rings. The van der Waals surface area contributed by atoms with Gasteiger partial charge in [-0.3, -0.25) is 4.79 Å². The van der Waals surface area contributed by atoms with Gasteiger partial charge in [0.1, 0.15) is 6.10 Å². The van der Waals surface area contributed by atoms with E-state index in [2.05, 4.69) is 59.9 Å². The third-order valence-corrected chi connectivity index (χ3v) is 10.6. The lowest BCUT2D eigenvalue weighted by molar-refractivity contribution is -0.144. The molecule has 6 heteroatoms. The number of ether oxygens (including phenoxy) is 1. The minimum absolute atomic E-state index is 0.130. The number of carbonyl (C=O) groups excluding carboxylic acids is 1. The summed E-state index contributed by atoms with van der Waals surface area (Å²) in [6.07, 6.45) is 13.5. The Bertz CT molecular complexity index is 637. The van der Waals surface area contributed by atoms with Crippen LogP contribution in [0.3, 0.4) is 0 Å². The van der Waals surface area contributed by atoms with Crippen LogP contribution in [0.25, 0.3) is 0 Å². The van der Waals surface area contributed by atoms with Crippen molar-refractivity contribution in [3.05, 3.63) is 36.5 Å². The van der Waals surface area contributed by atoms with Crippen LogP contribution in [-0.2, 0) is 14.0 Å². The van der Waals surface area contributed by atoms with Gasteiger partial charge < -0.3 is 19.4 Å². The zero-order valence-corrected chi connectivity index (χ0v) is 21.7. The Morgan fingerprint density at radius 1 is 0.839 bits per heavy atom. The molecule has 0 bridgehead atoms. The molecule has 0 fully saturated rings. The Labute approximate surface area is 190 Å². The molecule has 31 heavy (non-hydrogen) atoms. The molecule has 2 N–H and O–H groups in total. The molecule has 0 radical (unpaired) electrons. The van der Waals surface area contributed by atoms with E-state index in [1.54, 1.807) is 12.2 Å². The first kappa shape index (κ1) is 27.8. The van der Waals surface area contributed by atoms with Crippen LogP contribution in [0.5, 0.6) is 0 Å². The fourth-order valence-corrected chi connectivity index (χ4v) is 4.65. The van der Waals surface area contributed by atoms with Gasteiger partial charge in [-0.15, -0.1) is 0 Å². The number of rotatable bonds is 3. The largest absolute Gasteiger partial charge is 0.458 e. The SMILES string of the molecule is CC(=O)O[C@@H]1C=C[C@H](O)C1.CC(C)(C)[Si](C)(C)O[C@H]1C=C[C@@H](O)C1.C[C@@H]1C=C[C@H](C)C1. The Balaban J connectivity index is 0.000000247. The summed E-state index contributed by atoms with van der Waals surface area (Å²) in [5.41, 5.74) is 0. The molecule has 5 nitrogen and oxygen atoms in total. The molecule has 0 spiro atoms. The summed E-state index contributed by atoms with van der Waals surface area (Å²) in [5.74, 6) is 1.38. The number of esters is 1. The molecule has 0 aromatic heterocycles. The standard InChI is InChI=1S/C11H22O2Si.C7H10O3.C7H12/c1-11(2,3)14(4,5)13-10-7-6-9(12)8-10;1-5(8)10-7-3-2-6(9)4-7;1-6-3-4-7(2)5-6/h6-7,9-10,12H,8H2,1-5H3;2-3,6-7,9H,4H2,1H3;3-4,6-7H,5H2,1-2H3/t9-,10+;2*6-,7+/m10./s1. The normalized spacial score (nSPS) is 31.7. The maximum Gasteiger partial charge on any atom is 0.303 e. The second kappa shape index (κ2) is 12.1. The summed E-state index contributed by atoms with van der Waals surface area (Å²) >= 11 is 0. The number of hydrogen-bond donors (Lipinski definition) is 2. The summed E-state index contributed by atoms with van der Waals surface area (Å²) in [6, 6.07) is 0. The lowest BCUT2D eigenvalue weighted by Crippen LogP contribution is -2.43. The summed E-state index contributed by atoms with van der Waals surface area (Å²) in [7, 11) is -1.66. The molecule has 178 valence electrons. The minimum atomic E-state index is -1.66. The molecule has 0 heterocycles. The van der Waals surface area contributed by atoms with E-state index in [4.69, 9.17) is 14.3 Å². The van der Waals surface area contributed by atoms with Gasteiger partial charge in [-0.05, 0) is 42.5 Å². The average molecular weight is 453 g/mol. The zero-order valence-electron chi connectivity index (χ0n) is 20.7. The number of allylic oxidation sites excluding steroid dienone is 2. The first-order chi connectivity index (χ1) is 14.2. The number of aliphatic hydroxyl groups is 2. The predicted octanol–water partition coefficient (Wildman–Crippen LogP) is 5.16. The fraction of sp³-hybridized carbons (Fsp3) is 0.720. The van der Waals surface area contributed by atoms with Gasteiger partial charge in [0.25, 0.3) is 0 Å². The number of aliphatic hydroxyl groups excluding tert-OH is 2. The molecule has 0 unspecified atom stereocenters. The van der Waals surface area contributed by atoms with Crippen LogP contribution in [0.15, 0.2) is 36.5 Å². The molecular weight excluding hydrogens is 408 g/mol. The van der Waals surface area contributed by atoms with Crippen molar-refractivity contribution in [2.45, 2.75) is 103 Å². The molecule has 0 aromatic carbocycles. The molecule has 0 saturated heterocycles. The van der Waals surface area contributed by atoms with Gasteiger partial charge >= 0.3 is 5.97 Å². The molecule has 0 aromatic rings. The van der Waals surface area contributed by atoms with Crippen molar-refractivity contribution in [1.82, 2.24) is 0 Å². The highest BCUT2D eigenvalue weighted by molar-refractivity contribution is 6.74. The van der Waals surface area contributed by atoms with Gasteiger partial charge in [0.15, 0.2) is 8.32 Å². The predicted molar refractivity (Wildman–Crippen MR) is 129 cm³/mol. The summed E-state index contributed by atoms with van der Waals surface area (Å²) < 4.78 is 10.9. The van der Waals surface area contributed by atoms with Crippen molar-refractivity contribution in [3.8, 4) is 0 Å². The van der Waals surface area contributed by atoms with E-state index in [1.807, 2.05) is 12.2 Å². The minimum Gasteiger partial charge on any atom is -0.458 e. The fourth-order valence-electron chi connectivity index (χ4n) is 3.36. The smallest absolute Gasteiger partial charge is 0.303 e. The number of carbonyl (C=O) groups is 1. The van der Waals surface area contributed by atoms with Crippen molar-refractivity contribution < 1.29 is 24.2 Å². The van der Waals surface area contributed by atoms with E-state index >= 15 is 0 Å². The van der Waals surface area contributed by atoms with Gasteiger partial charge in [-0.2, -0.15) is 0 Å². The first-order valence-corrected chi connectivity index (χ1v) is 14.4. The van der Waals surface area contributed by atoms with Crippen molar-refractivity contribution in [3.63, 3.8) is 0 Å². The van der Waals surface area contributed by atoms with E-state index in [9.17, 15) is 9.90 Å². The highest BCUT2D eigenvalue weighted by Crippen LogP contribution is 2.38. The molecule has 6 atom stereocenters. The van der Waals surface area contributed by atoms with Crippen LogP contribution < -0.4 is 0 Å². The van der Waals surface area contributed by atoms with E-state index in [-0.39, 0.29) is 29.3 Å². The lowest BCUT2D eigenvalue weighted by atomic mass is 10.1. The van der Waals surface area contributed by atoms with Gasteiger partial charge in [-0.25, -0.2) is 0 Å². The average Bonchev–Trinajstić information content (AvgIpc) is 3.30. The van der Waals surface area contributed by atoms with E-state index < -0.39 is 14.4 Å². The Morgan fingerprint density at radius 3 is 1.58 bits per heavy atom. The maximum absolute atomic E-state index is 10.4. The second-order valence-electron chi connectivity index (χ2n) is 10.5. The Morgan fingerprint density at radius 2 is 1.29 bits per heavy atom. The third-order valence-electron chi connectivity index (χ3n) is 6.12. The van der Waals surface area contributed by atoms with E-state index in [0.717, 1.165) is 18.3 Å². The van der Waals surface area contributed by atoms with Crippen molar-refractivity contribution in [2.75, 3.05) is 0 Å². The van der Waals surface area contributed by atoms with Crippen LogP contribution in [0.1, 0.15) is 60.8 Å². The quantitative estimate of drug-likeness (QED) is 0.352. The highest BCUT2D eigenvalue weighted by atomic mass is 28.4. The van der Waals surface area contributed by atoms with Crippen molar-refractivity contribution in [1.29, 1.82) is 0 Å². The van der Waals surface area contributed by atoms with Crippen LogP contribution in [0, 0.1) is 11.8 Å². The lowest BCUT2D eigenvalue weighted by Gasteiger charge is -2.38. The second-order valence-corrected chi connectivity index (χ2v) is 15.3. The molecule has 0 saturated carbocycles. The molecule has 0 amide bonds. The Kier molecular flexibility index (Phi) is 10.9. The summed E-state index contributed by atoms with van der Waals surface area (Å²) in [5, 5.41) is 18.5. The zero-order chi connectivity index (χ0) is 23.8. The molecule has 0 aliphatic heterocycles. The molecule has 3 rings (SSSR count). The number of hydrogen-bond acceptors (Lipinski definition) is 5. The summed E-state index contributed by atoms with van der Waals surface area (Å²) in [4.78, 5) is 10.4. The van der Waals surface area contributed by atoms with Gasteiger partial charge in [0.2, 0.25) is 0 Å². The van der Waals surface area contributed by atoms with Crippen LogP contribution >= 0.6 is 0 Å². The highest BCUT2D eigenvalue weighted by Gasteiger charge is 2.39. The molecular formula is C25H44O5Si. The monoisotopic (exact) mass is 452 g/mol. The summed E-state index contributed by atoms with van der Waals surface area (Å²) in [6.45, 7) is 17.1.